The molecule has 186 valence electrons. The van der Waals surface area contributed by atoms with E-state index in [-0.39, 0.29) is 36.8 Å². The Bertz CT molecular complexity index is 1050. The molecule has 2 amide bonds. The quantitative estimate of drug-likeness (QED) is 0.478. The third kappa shape index (κ3) is 5.50. The Morgan fingerprint density at radius 3 is 2.26 bits per heavy atom. The van der Waals surface area contributed by atoms with Crippen LogP contribution in [0.2, 0.25) is 0 Å². The summed E-state index contributed by atoms with van der Waals surface area (Å²) in [6.07, 6.45) is 3.11. The van der Waals surface area contributed by atoms with Crippen LogP contribution in [-0.4, -0.2) is 41.3 Å². The molecule has 2 aliphatic rings. The lowest BCUT2D eigenvalue weighted by molar-refractivity contribution is -0.147. The molecule has 0 spiro atoms. The van der Waals surface area contributed by atoms with Crippen LogP contribution in [0.3, 0.4) is 0 Å². The number of benzene rings is 2. The molecule has 2 aliphatic carbocycles. The predicted molar refractivity (Wildman–Crippen MR) is 133 cm³/mol. The number of alkyl carbamates (subject to hydrolysis) is 1. The van der Waals surface area contributed by atoms with Crippen molar-refractivity contribution in [3.63, 3.8) is 0 Å². The second-order valence-electron chi connectivity index (χ2n) is 9.99. The number of aliphatic carboxylic acids is 1. The maximum absolute atomic E-state index is 12.6. The molecule has 2 aromatic rings. The fraction of sp³-hybridized carbons (Fsp3) is 0.464. The molecule has 4 rings (SSSR count). The van der Waals surface area contributed by atoms with Crippen molar-refractivity contribution in [3.05, 3.63) is 59.7 Å². The summed E-state index contributed by atoms with van der Waals surface area (Å²) in [5, 5.41) is 15.1. The Balaban J connectivity index is 1.26. The van der Waals surface area contributed by atoms with Gasteiger partial charge in [0.15, 0.2) is 0 Å². The van der Waals surface area contributed by atoms with Crippen molar-refractivity contribution in [2.45, 2.75) is 69.9 Å². The van der Waals surface area contributed by atoms with E-state index in [2.05, 4.69) is 34.9 Å². The van der Waals surface area contributed by atoms with Crippen LogP contribution in [0.4, 0.5) is 4.79 Å². The Hall–Kier alpha value is -3.35. The van der Waals surface area contributed by atoms with Gasteiger partial charge in [-0.15, -0.1) is 0 Å². The monoisotopic (exact) mass is 478 g/mol. The van der Waals surface area contributed by atoms with Crippen LogP contribution in [0, 0.1) is 5.92 Å². The van der Waals surface area contributed by atoms with Gasteiger partial charge in [0.25, 0.3) is 0 Å². The van der Waals surface area contributed by atoms with Crippen LogP contribution in [0.25, 0.3) is 11.1 Å². The minimum Gasteiger partial charge on any atom is -0.480 e. The van der Waals surface area contributed by atoms with Crippen molar-refractivity contribution < 1.29 is 24.2 Å². The number of carboxylic acid groups (broad SMARTS) is 1. The Kier molecular flexibility index (Phi) is 7.43. The molecular weight excluding hydrogens is 444 g/mol. The van der Waals surface area contributed by atoms with Crippen molar-refractivity contribution >= 4 is 18.0 Å². The number of fused-ring (bicyclic) bond motifs is 3. The van der Waals surface area contributed by atoms with E-state index in [0.717, 1.165) is 12.8 Å². The molecule has 7 heteroatoms. The average molecular weight is 479 g/mol. The summed E-state index contributed by atoms with van der Waals surface area (Å²) in [7, 11) is 0. The predicted octanol–water partition coefficient (Wildman–Crippen LogP) is 4.84. The van der Waals surface area contributed by atoms with E-state index in [1.807, 2.05) is 31.2 Å². The Labute approximate surface area is 206 Å². The summed E-state index contributed by atoms with van der Waals surface area (Å²) >= 11 is 0. The molecule has 3 N–H and O–H groups in total. The lowest BCUT2D eigenvalue weighted by Crippen LogP contribution is -2.52. The van der Waals surface area contributed by atoms with Crippen LogP contribution in [0.1, 0.15) is 69.4 Å². The number of carbonyl (C=O) groups excluding carboxylic acids is 2. The van der Waals surface area contributed by atoms with Crippen molar-refractivity contribution in [2.75, 3.05) is 6.61 Å². The number of hydrogen-bond acceptors (Lipinski definition) is 4. The molecule has 0 aliphatic heterocycles. The second-order valence-corrected chi connectivity index (χ2v) is 9.99. The van der Waals surface area contributed by atoms with Crippen LogP contribution < -0.4 is 10.6 Å². The van der Waals surface area contributed by atoms with Crippen LogP contribution in [-0.2, 0) is 14.3 Å². The maximum atomic E-state index is 12.6. The van der Waals surface area contributed by atoms with Gasteiger partial charge in [0.1, 0.15) is 12.1 Å². The lowest BCUT2D eigenvalue weighted by atomic mass is 9.95. The molecule has 7 nitrogen and oxygen atoms in total. The zero-order chi connectivity index (χ0) is 25.0. The molecular formula is C28H34N2O5. The summed E-state index contributed by atoms with van der Waals surface area (Å²) < 4.78 is 5.64. The first-order chi connectivity index (χ1) is 16.8. The Morgan fingerprint density at radius 1 is 1.03 bits per heavy atom. The van der Waals surface area contributed by atoms with Gasteiger partial charge in [0.2, 0.25) is 5.91 Å². The normalized spacial score (nSPS) is 20.4. The zero-order valence-electron chi connectivity index (χ0n) is 20.4. The number of ether oxygens (including phenoxy) is 1. The Morgan fingerprint density at radius 2 is 1.66 bits per heavy atom. The highest BCUT2D eigenvalue weighted by molar-refractivity contribution is 5.86. The average Bonchev–Trinajstić information content (AvgIpc) is 3.39. The van der Waals surface area contributed by atoms with E-state index in [1.54, 1.807) is 6.92 Å². The number of hydrogen-bond donors (Lipinski definition) is 3. The maximum Gasteiger partial charge on any atom is 0.407 e. The number of amides is 2. The molecule has 35 heavy (non-hydrogen) atoms. The van der Waals surface area contributed by atoms with Crippen LogP contribution >= 0.6 is 0 Å². The number of rotatable bonds is 9. The van der Waals surface area contributed by atoms with E-state index >= 15 is 0 Å². The minimum atomic E-state index is -1.25. The molecule has 0 saturated heterocycles. The van der Waals surface area contributed by atoms with Crippen molar-refractivity contribution in [1.82, 2.24) is 10.6 Å². The van der Waals surface area contributed by atoms with Gasteiger partial charge in [-0.05, 0) is 60.8 Å². The van der Waals surface area contributed by atoms with Crippen LogP contribution in [0.15, 0.2) is 48.5 Å². The summed E-state index contributed by atoms with van der Waals surface area (Å²) in [4.78, 5) is 36.6. The molecule has 1 saturated carbocycles. The molecule has 0 bridgehead atoms. The SMILES string of the molecule is CCCC(C)(NC(=O)CC1CCC(NC(=O)OCC2c3ccccc3-c3ccccc32)C1)C(=O)O. The van der Waals surface area contributed by atoms with Crippen molar-refractivity contribution in [2.24, 2.45) is 5.92 Å². The lowest BCUT2D eigenvalue weighted by Gasteiger charge is -2.26. The first kappa shape index (κ1) is 24.8. The molecule has 0 radical (unpaired) electrons. The summed E-state index contributed by atoms with van der Waals surface area (Å²) in [6.45, 7) is 3.71. The standard InChI is InChI=1S/C28H34N2O5/c1-3-14-28(2,26(32)33)30-25(31)16-18-12-13-19(15-18)29-27(34)35-17-24-22-10-6-4-8-20(22)21-9-5-7-11-23(21)24/h4-11,18-19,24H,3,12-17H2,1-2H3,(H,29,34)(H,30,31)(H,32,33). The largest absolute Gasteiger partial charge is 0.480 e. The fourth-order valence-electron chi connectivity index (χ4n) is 5.54. The number of nitrogens with one attached hydrogen (secondary N) is 2. The van der Waals surface area contributed by atoms with Gasteiger partial charge in [-0.1, -0.05) is 61.9 Å². The van der Waals surface area contributed by atoms with E-state index < -0.39 is 17.6 Å². The number of carbonyl (C=O) groups is 3. The van der Waals surface area contributed by atoms with Gasteiger partial charge < -0.3 is 20.5 Å². The van der Waals surface area contributed by atoms with Crippen LogP contribution in [0.5, 0.6) is 0 Å². The smallest absolute Gasteiger partial charge is 0.407 e. The van der Waals surface area contributed by atoms with E-state index in [9.17, 15) is 19.5 Å². The third-order valence-electron chi connectivity index (χ3n) is 7.32. The molecule has 0 heterocycles. The molecule has 2 aromatic carbocycles. The van der Waals surface area contributed by atoms with Gasteiger partial charge >= 0.3 is 12.1 Å². The van der Waals surface area contributed by atoms with Crippen molar-refractivity contribution in [3.8, 4) is 11.1 Å². The first-order valence-corrected chi connectivity index (χ1v) is 12.5. The number of carboxylic acids is 1. The van der Waals surface area contributed by atoms with Gasteiger partial charge in [-0.2, -0.15) is 0 Å². The zero-order valence-corrected chi connectivity index (χ0v) is 20.4. The summed E-state index contributed by atoms with van der Waals surface area (Å²) in [5.41, 5.74) is 3.47. The van der Waals surface area contributed by atoms with Gasteiger partial charge in [-0.3, -0.25) is 4.79 Å². The highest BCUT2D eigenvalue weighted by Crippen LogP contribution is 2.44. The highest BCUT2D eigenvalue weighted by atomic mass is 16.5. The minimum absolute atomic E-state index is 0.0137. The van der Waals surface area contributed by atoms with E-state index in [1.165, 1.54) is 22.3 Å². The fourth-order valence-corrected chi connectivity index (χ4v) is 5.54. The van der Waals surface area contributed by atoms with E-state index in [4.69, 9.17) is 4.74 Å². The van der Waals surface area contributed by atoms with Gasteiger partial charge in [-0.25, -0.2) is 9.59 Å². The third-order valence-corrected chi connectivity index (χ3v) is 7.32. The van der Waals surface area contributed by atoms with Gasteiger partial charge in [0.05, 0.1) is 0 Å². The summed E-state index contributed by atoms with van der Waals surface area (Å²) in [6, 6.07) is 16.4. The first-order valence-electron chi connectivity index (χ1n) is 12.5. The molecule has 1 fully saturated rings. The molecule has 3 unspecified atom stereocenters. The summed E-state index contributed by atoms with van der Waals surface area (Å²) in [5.74, 6) is -1.16. The topological polar surface area (TPSA) is 105 Å². The van der Waals surface area contributed by atoms with E-state index in [0.29, 0.717) is 19.3 Å². The van der Waals surface area contributed by atoms with Crippen molar-refractivity contribution in [1.29, 1.82) is 0 Å². The molecule has 3 atom stereocenters. The van der Waals surface area contributed by atoms with Gasteiger partial charge in [0, 0.05) is 18.4 Å². The highest BCUT2D eigenvalue weighted by Gasteiger charge is 2.36. The second kappa shape index (κ2) is 10.5. The molecule has 0 aromatic heterocycles.